The molecule has 7 heteroatoms. The first-order valence-corrected chi connectivity index (χ1v) is 8.65. The SMILES string of the molecule is O=C(NCCC(=O)N1CCCC1)c1ccc(COc2ccc(F)cc2)o1. The number of hydrogen-bond acceptors (Lipinski definition) is 4. The van der Waals surface area contributed by atoms with Crippen LogP contribution in [-0.4, -0.2) is 36.3 Å². The van der Waals surface area contributed by atoms with E-state index in [9.17, 15) is 14.0 Å². The Kier molecular flexibility index (Phi) is 5.88. The van der Waals surface area contributed by atoms with Gasteiger partial charge in [-0.1, -0.05) is 0 Å². The highest BCUT2D eigenvalue weighted by Crippen LogP contribution is 2.15. The van der Waals surface area contributed by atoms with Gasteiger partial charge in [-0.05, 0) is 49.2 Å². The third-order valence-electron chi connectivity index (χ3n) is 4.16. The predicted octanol–water partition coefficient (Wildman–Crippen LogP) is 2.74. The zero-order valence-electron chi connectivity index (χ0n) is 14.4. The summed E-state index contributed by atoms with van der Waals surface area (Å²) in [5.41, 5.74) is 0. The number of nitrogens with one attached hydrogen (secondary N) is 1. The standard InChI is InChI=1S/C19H21FN2O4/c20-14-3-5-15(6-4-14)25-13-16-7-8-17(26-16)19(24)21-10-9-18(23)22-11-1-2-12-22/h3-8H,1-2,9-13H2,(H,21,24). The first-order valence-electron chi connectivity index (χ1n) is 8.65. The third kappa shape index (κ3) is 4.84. The summed E-state index contributed by atoms with van der Waals surface area (Å²) < 4.78 is 23.7. The molecule has 26 heavy (non-hydrogen) atoms. The summed E-state index contributed by atoms with van der Waals surface area (Å²) in [6, 6.07) is 8.85. The highest BCUT2D eigenvalue weighted by atomic mass is 19.1. The van der Waals surface area contributed by atoms with Gasteiger partial charge in [-0.2, -0.15) is 0 Å². The molecule has 0 unspecified atom stereocenters. The van der Waals surface area contributed by atoms with Crippen LogP contribution in [0, 0.1) is 5.82 Å². The molecule has 2 amide bonds. The Bertz CT molecular complexity index is 751. The molecule has 1 aliphatic rings. The molecule has 0 spiro atoms. The molecule has 0 saturated carbocycles. The van der Waals surface area contributed by atoms with Crippen LogP contribution in [0.1, 0.15) is 35.6 Å². The van der Waals surface area contributed by atoms with E-state index in [4.69, 9.17) is 9.15 Å². The molecule has 1 saturated heterocycles. The summed E-state index contributed by atoms with van der Waals surface area (Å²) in [5.74, 6) is 0.513. The lowest BCUT2D eigenvalue weighted by Gasteiger charge is -2.14. The maximum Gasteiger partial charge on any atom is 0.287 e. The van der Waals surface area contributed by atoms with Crippen LogP contribution in [0.25, 0.3) is 0 Å². The minimum absolute atomic E-state index is 0.0654. The summed E-state index contributed by atoms with van der Waals surface area (Å²) in [6.45, 7) is 2.02. The zero-order chi connectivity index (χ0) is 18.4. The number of carbonyl (C=O) groups excluding carboxylic acids is 2. The second-order valence-electron chi connectivity index (χ2n) is 6.10. The van der Waals surface area contributed by atoms with Crippen LogP contribution < -0.4 is 10.1 Å². The molecule has 1 aliphatic heterocycles. The molecule has 1 aromatic heterocycles. The second kappa shape index (κ2) is 8.51. The van der Waals surface area contributed by atoms with Gasteiger partial charge in [0, 0.05) is 26.1 Å². The molecular formula is C19H21FN2O4. The molecule has 0 radical (unpaired) electrons. The van der Waals surface area contributed by atoms with Crippen LogP contribution in [-0.2, 0) is 11.4 Å². The second-order valence-corrected chi connectivity index (χ2v) is 6.10. The Hall–Kier alpha value is -2.83. The molecule has 6 nitrogen and oxygen atoms in total. The summed E-state index contributed by atoms with van der Waals surface area (Å²) in [4.78, 5) is 25.8. The van der Waals surface area contributed by atoms with Gasteiger partial charge in [-0.15, -0.1) is 0 Å². The van der Waals surface area contributed by atoms with Crippen molar-refractivity contribution in [3.8, 4) is 5.75 Å². The molecule has 1 N–H and O–H groups in total. The zero-order valence-corrected chi connectivity index (χ0v) is 14.4. The van der Waals surface area contributed by atoms with E-state index in [2.05, 4.69) is 5.32 Å². The van der Waals surface area contributed by atoms with E-state index >= 15 is 0 Å². The van der Waals surface area contributed by atoms with Crippen molar-refractivity contribution in [1.82, 2.24) is 10.2 Å². The lowest BCUT2D eigenvalue weighted by Crippen LogP contribution is -2.32. The molecule has 138 valence electrons. The molecule has 1 fully saturated rings. The van der Waals surface area contributed by atoms with Crippen LogP contribution in [0.3, 0.4) is 0 Å². The van der Waals surface area contributed by atoms with Gasteiger partial charge in [0.1, 0.15) is 23.9 Å². The third-order valence-corrected chi connectivity index (χ3v) is 4.16. The topological polar surface area (TPSA) is 71.8 Å². The molecule has 0 bridgehead atoms. The van der Waals surface area contributed by atoms with Crippen LogP contribution in [0.15, 0.2) is 40.8 Å². The lowest BCUT2D eigenvalue weighted by molar-refractivity contribution is -0.129. The first-order chi connectivity index (χ1) is 12.6. The van der Waals surface area contributed by atoms with Gasteiger partial charge in [-0.3, -0.25) is 9.59 Å². The minimum atomic E-state index is -0.368. The van der Waals surface area contributed by atoms with E-state index in [-0.39, 0.29) is 43.0 Å². The smallest absolute Gasteiger partial charge is 0.287 e. The Balaban J connectivity index is 1.42. The Morgan fingerprint density at radius 1 is 1.12 bits per heavy atom. The monoisotopic (exact) mass is 360 g/mol. The van der Waals surface area contributed by atoms with E-state index < -0.39 is 0 Å². The number of likely N-dealkylation sites (tertiary alicyclic amines) is 1. The highest BCUT2D eigenvalue weighted by Gasteiger charge is 2.18. The van der Waals surface area contributed by atoms with Crippen molar-refractivity contribution in [2.24, 2.45) is 0 Å². The average molecular weight is 360 g/mol. The summed E-state index contributed by atoms with van der Waals surface area (Å²) in [7, 11) is 0. The normalized spacial score (nSPS) is 13.7. The van der Waals surface area contributed by atoms with E-state index in [1.54, 1.807) is 12.1 Å². The van der Waals surface area contributed by atoms with Crippen molar-refractivity contribution in [2.75, 3.05) is 19.6 Å². The lowest BCUT2D eigenvalue weighted by atomic mass is 10.3. The van der Waals surface area contributed by atoms with Crippen LogP contribution in [0.5, 0.6) is 5.75 Å². The number of ether oxygens (including phenoxy) is 1. The molecule has 0 atom stereocenters. The van der Waals surface area contributed by atoms with E-state index in [0.717, 1.165) is 25.9 Å². The fraction of sp³-hybridized carbons (Fsp3) is 0.368. The van der Waals surface area contributed by atoms with E-state index in [1.807, 2.05) is 4.90 Å². The summed E-state index contributed by atoms with van der Waals surface area (Å²) >= 11 is 0. The van der Waals surface area contributed by atoms with Gasteiger partial charge in [0.2, 0.25) is 5.91 Å². The predicted molar refractivity (Wildman–Crippen MR) is 92.2 cm³/mol. The van der Waals surface area contributed by atoms with Crippen LogP contribution in [0.4, 0.5) is 4.39 Å². The van der Waals surface area contributed by atoms with E-state index in [1.165, 1.54) is 24.3 Å². The quantitative estimate of drug-likeness (QED) is 0.824. The van der Waals surface area contributed by atoms with Gasteiger partial charge in [0.25, 0.3) is 5.91 Å². The minimum Gasteiger partial charge on any atom is -0.486 e. The number of furan rings is 1. The average Bonchev–Trinajstić information content (AvgIpc) is 3.33. The summed E-state index contributed by atoms with van der Waals surface area (Å²) in [6.07, 6.45) is 2.38. The van der Waals surface area contributed by atoms with Crippen LogP contribution in [0.2, 0.25) is 0 Å². The molecule has 2 heterocycles. The Morgan fingerprint density at radius 2 is 1.85 bits per heavy atom. The Morgan fingerprint density at radius 3 is 2.58 bits per heavy atom. The fourth-order valence-corrected chi connectivity index (χ4v) is 2.76. The molecular weight excluding hydrogens is 339 g/mol. The summed E-state index contributed by atoms with van der Waals surface area (Å²) in [5, 5.41) is 2.68. The van der Waals surface area contributed by atoms with Crippen molar-refractivity contribution >= 4 is 11.8 Å². The molecule has 1 aromatic carbocycles. The Labute approximate surface area is 150 Å². The van der Waals surface area contributed by atoms with Crippen molar-refractivity contribution in [3.05, 3.63) is 53.7 Å². The van der Waals surface area contributed by atoms with E-state index in [0.29, 0.717) is 11.5 Å². The van der Waals surface area contributed by atoms with Crippen molar-refractivity contribution in [1.29, 1.82) is 0 Å². The highest BCUT2D eigenvalue weighted by molar-refractivity contribution is 5.91. The van der Waals surface area contributed by atoms with Gasteiger partial charge in [-0.25, -0.2) is 4.39 Å². The molecule has 0 aliphatic carbocycles. The van der Waals surface area contributed by atoms with Crippen molar-refractivity contribution in [3.63, 3.8) is 0 Å². The fourth-order valence-electron chi connectivity index (χ4n) is 2.76. The van der Waals surface area contributed by atoms with Gasteiger partial charge in [0.05, 0.1) is 0 Å². The maximum absolute atomic E-state index is 12.8. The van der Waals surface area contributed by atoms with Crippen molar-refractivity contribution in [2.45, 2.75) is 25.9 Å². The van der Waals surface area contributed by atoms with Gasteiger partial charge < -0.3 is 19.4 Å². The van der Waals surface area contributed by atoms with Crippen LogP contribution >= 0.6 is 0 Å². The molecule has 2 aromatic rings. The van der Waals surface area contributed by atoms with Crippen molar-refractivity contribution < 1.29 is 23.1 Å². The number of benzene rings is 1. The molecule has 3 rings (SSSR count). The number of halogens is 1. The number of rotatable bonds is 7. The largest absolute Gasteiger partial charge is 0.486 e. The number of carbonyl (C=O) groups is 2. The van der Waals surface area contributed by atoms with Gasteiger partial charge >= 0.3 is 0 Å². The number of nitrogens with zero attached hydrogens (tertiary/aromatic N) is 1. The first kappa shape index (κ1) is 18.0. The number of hydrogen-bond donors (Lipinski definition) is 1. The maximum atomic E-state index is 12.8. The van der Waals surface area contributed by atoms with Gasteiger partial charge in [0.15, 0.2) is 5.76 Å². The number of amides is 2.